The summed E-state index contributed by atoms with van der Waals surface area (Å²) in [6.07, 6.45) is 0.479. The zero-order valence-electron chi connectivity index (χ0n) is 12.6. The lowest BCUT2D eigenvalue weighted by molar-refractivity contribution is 0.303. The van der Waals surface area contributed by atoms with Crippen molar-refractivity contribution in [3.8, 4) is 6.07 Å². The number of hydrogen-bond donors (Lipinski definition) is 1. The quantitative estimate of drug-likeness (QED) is 0.820. The van der Waals surface area contributed by atoms with E-state index in [0.29, 0.717) is 5.56 Å². The first kappa shape index (κ1) is 17.6. The molecule has 4 nitrogen and oxygen atoms in total. The van der Waals surface area contributed by atoms with Crippen molar-refractivity contribution in [2.24, 2.45) is 5.41 Å². The predicted molar refractivity (Wildman–Crippen MR) is 80.4 cm³/mol. The van der Waals surface area contributed by atoms with Gasteiger partial charge in [-0.1, -0.05) is 32.9 Å². The molecule has 0 heterocycles. The van der Waals surface area contributed by atoms with Gasteiger partial charge >= 0.3 is 0 Å². The summed E-state index contributed by atoms with van der Waals surface area (Å²) >= 11 is 0. The summed E-state index contributed by atoms with van der Waals surface area (Å²) in [6, 6.07) is 7.33. The van der Waals surface area contributed by atoms with Crippen LogP contribution >= 0.6 is 0 Å². The largest absolute Gasteiger partial charge is 0.212 e. The lowest BCUT2D eigenvalue weighted by Gasteiger charge is -2.31. The standard InChI is InChI=1S/C15H21FN2O2S/c1-15(2,3)14(12-7-6-8-13(16)11-12)18-21(19,20)10-5-4-9-17/h6-8,11,14,18H,4-5,10H2,1-3H3/t14-/m1/s1. The summed E-state index contributed by atoms with van der Waals surface area (Å²) in [7, 11) is -3.52. The van der Waals surface area contributed by atoms with E-state index in [1.807, 2.05) is 26.8 Å². The van der Waals surface area contributed by atoms with Crippen LogP contribution in [-0.4, -0.2) is 14.2 Å². The highest BCUT2D eigenvalue weighted by Crippen LogP contribution is 2.33. The third-order valence-corrected chi connectivity index (χ3v) is 4.47. The normalized spacial score (nSPS) is 13.7. The predicted octanol–water partition coefficient (Wildman–Crippen LogP) is 3.14. The lowest BCUT2D eigenvalue weighted by Crippen LogP contribution is -2.37. The average molecular weight is 312 g/mol. The van der Waals surface area contributed by atoms with Crippen molar-refractivity contribution < 1.29 is 12.8 Å². The van der Waals surface area contributed by atoms with Crippen LogP contribution in [0.25, 0.3) is 0 Å². The molecule has 0 aromatic heterocycles. The number of unbranched alkanes of at least 4 members (excludes halogenated alkanes) is 1. The van der Waals surface area contributed by atoms with Gasteiger partial charge < -0.3 is 0 Å². The van der Waals surface area contributed by atoms with Gasteiger partial charge in [-0.25, -0.2) is 17.5 Å². The molecule has 0 saturated heterocycles. The SMILES string of the molecule is CC(C)(C)[C@H](NS(=O)(=O)CCCC#N)c1cccc(F)c1. The topological polar surface area (TPSA) is 70.0 Å². The zero-order valence-corrected chi connectivity index (χ0v) is 13.4. The molecule has 0 bridgehead atoms. The molecule has 116 valence electrons. The molecule has 6 heteroatoms. The molecule has 1 N–H and O–H groups in total. The van der Waals surface area contributed by atoms with Crippen molar-refractivity contribution in [2.45, 2.75) is 39.7 Å². The fourth-order valence-electron chi connectivity index (χ4n) is 2.01. The minimum Gasteiger partial charge on any atom is -0.212 e. The van der Waals surface area contributed by atoms with E-state index in [0.717, 1.165) is 0 Å². The maximum absolute atomic E-state index is 13.4. The van der Waals surface area contributed by atoms with Gasteiger partial charge in [0, 0.05) is 6.42 Å². The molecule has 21 heavy (non-hydrogen) atoms. The number of nitrogens with one attached hydrogen (secondary N) is 1. The summed E-state index contributed by atoms with van der Waals surface area (Å²) in [5.74, 6) is -0.506. The van der Waals surface area contributed by atoms with Crippen LogP contribution in [0.4, 0.5) is 4.39 Å². The van der Waals surface area contributed by atoms with Crippen LogP contribution in [0.3, 0.4) is 0 Å². The number of nitriles is 1. The molecule has 0 aliphatic carbocycles. The molecule has 0 radical (unpaired) electrons. The second-order valence-electron chi connectivity index (χ2n) is 6.05. The first-order valence-electron chi connectivity index (χ1n) is 6.78. The number of hydrogen-bond acceptors (Lipinski definition) is 3. The molecule has 0 fully saturated rings. The summed E-state index contributed by atoms with van der Waals surface area (Å²) in [4.78, 5) is 0. The first-order valence-corrected chi connectivity index (χ1v) is 8.43. The number of benzene rings is 1. The molecule has 1 atom stereocenters. The molecule has 0 aliphatic heterocycles. The molecular weight excluding hydrogens is 291 g/mol. The highest BCUT2D eigenvalue weighted by Gasteiger charge is 2.30. The van der Waals surface area contributed by atoms with Gasteiger partial charge in [0.1, 0.15) is 5.82 Å². The number of rotatable bonds is 6. The van der Waals surface area contributed by atoms with Gasteiger partial charge in [0.2, 0.25) is 10.0 Å². The van der Waals surface area contributed by atoms with Gasteiger partial charge in [0.25, 0.3) is 0 Å². The van der Waals surface area contributed by atoms with E-state index in [9.17, 15) is 12.8 Å². The fourth-order valence-corrected chi connectivity index (χ4v) is 3.50. The average Bonchev–Trinajstić information content (AvgIpc) is 2.35. The molecular formula is C15H21FN2O2S. The Kier molecular flexibility index (Phi) is 5.87. The van der Waals surface area contributed by atoms with Gasteiger partial charge in [-0.05, 0) is 29.5 Å². The molecule has 0 saturated carbocycles. The van der Waals surface area contributed by atoms with Crippen LogP contribution in [0.1, 0.15) is 45.2 Å². The minimum absolute atomic E-state index is 0.109. The van der Waals surface area contributed by atoms with Gasteiger partial charge in [-0.15, -0.1) is 0 Å². The maximum Gasteiger partial charge on any atom is 0.212 e. The highest BCUT2D eigenvalue weighted by molar-refractivity contribution is 7.89. The Morgan fingerprint density at radius 3 is 2.57 bits per heavy atom. The minimum atomic E-state index is -3.52. The summed E-state index contributed by atoms with van der Waals surface area (Å²) < 4.78 is 40.2. The second kappa shape index (κ2) is 7.01. The van der Waals surface area contributed by atoms with E-state index in [-0.39, 0.29) is 18.6 Å². The molecule has 1 rings (SSSR count). The van der Waals surface area contributed by atoms with Crippen LogP contribution in [0.5, 0.6) is 0 Å². The summed E-state index contributed by atoms with van der Waals surface area (Å²) in [6.45, 7) is 5.67. The fraction of sp³-hybridized carbons (Fsp3) is 0.533. The van der Waals surface area contributed by atoms with Gasteiger partial charge in [0.15, 0.2) is 0 Å². The Labute approximate surface area is 126 Å². The lowest BCUT2D eigenvalue weighted by atomic mass is 9.83. The maximum atomic E-state index is 13.4. The van der Waals surface area contributed by atoms with Crippen LogP contribution in [0, 0.1) is 22.6 Å². The van der Waals surface area contributed by atoms with Crippen molar-refractivity contribution in [3.05, 3.63) is 35.6 Å². The monoisotopic (exact) mass is 312 g/mol. The van der Waals surface area contributed by atoms with E-state index < -0.39 is 27.3 Å². The molecule has 0 amide bonds. The van der Waals surface area contributed by atoms with Gasteiger partial charge in [-0.3, -0.25) is 0 Å². The van der Waals surface area contributed by atoms with Crippen molar-refractivity contribution in [3.63, 3.8) is 0 Å². The smallest absolute Gasteiger partial charge is 0.212 e. The van der Waals surface area contributed by atoms with Gasteiger partial charge in [-0.2, -0.15) is 5.26 Å². The number of nitrogens with zero attached hydrogens (tertiary/aromatic N) is 1. The highest BCUT2D eigenvalue weighted by atomic mass is 32.2. The van der Waals surface area contributed by atoms with Crippen molar-refractivity contribution >= 4 is 10.0 Å². The Morgan fingerprint density at radius 2 is 2.05 bits per heavy atom. The van der Waals surface area contributed by atoms with E-state index in [1.165, 1.54) is 12.1 Å². The van der Waals surface area contributed by atoms with Crippen LogP contribution in [-0.2, 0) is 10.0 Å². The molecule has 0 spiro atoms. The van der Waals surface area contributed by atoms with E-state index >= 15 is 0 Å². The first-order chi connectivity index (χ1) is 9.65. The Bertz CT molecular complexity index is 615. The van der Waals surface area contributed by atoms with Crippen LogP contribution < -0.4 is 4.72 Å². The molecule has 0 aliphatic rings. The molecule has 1 aromatic carbocycles. The summed E-state index contributed by atoms with van der Waals surface area (Å²) in [5, 5.41) is 8.48. The number of halogens is 1. The van der Waals surface area contributed by atoms with Crippen LogP contribution in [0.2, 0.25) is 0 Å². The van der Waals surface area contributed by atoms with Gasteiger partial charge in [0.05, 0.1) is 17.9 Å². The number of sulfonamides is 1. The van der Waals surface area contributed by atoms with Crippen LogP contribution in [0.15, 0.2) is 24.3 Å². The third-order valence-electron chi connectivity index (χ3n) is 3.05. The molecule has 1 aromatic rings. The third kappa shape index (κ3) is 5.82. The Hall–Kier alpha value is -1.45. The second-order valence-corrected chi connectivity index (χ2v) is 7.93. The van der Waals surface area contributed by atoms with Crippen molar-refractivity contribution in [1.82, 2.24) is 4.72 Å². The van der Waals surface area contributed by atoms with Crippen molar-refractivity contribution in [2.75, 3.05) is 5.75 Å². The Morgan fingerprint density at radius 1 is 1.38 bits per heavy atom. The molecule has 0 unspecified atom stereocenters. The zero-order chi connectivity index (χ0) is 16.1. The van der Waals surface area contributed by atoms with E-state index in [4.69, 9.17) is 5.26 Å². The van der Waals surface area contributed by atoms with Crippen molar-refractivity contribution in [1.29, 1.82) is 5.26 Å². The van der Waals surface area contributed by atoms with E-state index in [2.05, 4.69) is 4.72 Å². The Balaban J connectivity index is 2.98. The van der Waals surface area contributed by atoms with E-state index in [1.54, 1.807) is 12.1 Å². The summed E-state index contributed by atoms with van der Waals surface area (Å²) in [5.41, 5.74) is 0.183.